The number of hydrogen-bond donors (Lipinski definition) is 1. The Labute approximate surface area is 170 Å². The number of halogens is 1. The van der Waals surface area contributed by atoms with Gasteiger partial charge in [-0.25, -0.2) is 9.37 Å². The third-order valence-electron chi connectivity index (χ3n) is 6.08. The van der Waals surface area contributed by atoms with Gasteiger partial charge in [0, 0.05) is 42.7 Å². The number of aromatic amines is 1. The number of imidazole rings is 1. The fourth-order valence-corrected chi connectivity index (χ4v) is 4.53. The Kier molecular flexibility index (Phi) is 5.06. The van der Waals surface area contributed by atoms with Crippen LogP contribution in [-0.2, 0) is 19.4 Å². The lowest BCUT2D eigenvalue weighted by atomic mass is 10.1. The topological polar surface area (TPSA) is 41.1 Å². The normalized spacial score (nSPS) is 17.4. The van der Waals surface area contributed by atoms with Crippen molar-refractivity contribution < 1.29 is 9.13 Å². The quantitative estimate of drug-likeness (QED) is 0.683. The Bertz CT molecular complexity index is 977. The van der Waals surface area contributed by atoms with Crippen molar-refractivity contribution >= 4 is 0 Å². The van der Waals surface area contributed by atoms with E-state index in [1.165, 1.54) is 0 Å². The molecule has 29 heavy (non-hydrogen) atoms. The van der Waals surface area contributed by atoms with Crippen LogP contribution in [0.1, 0.15) is 36.1 Å². The SMILES string of the molecule is Fc1ccc(OC2CCN(Cc3cnc(-c4ccccc4)[nH]3)CC2)c2c1CCC2. The standard InChI is InChI=1S/C24H26FN3O/c25-22-9-10-23(21-8-4-7-20(21)22)29-19-11-13-28(14-12-19)16-18-15-26-24(27-18)17-5-2-1-3-6-17/h1-3,5-6,9-10,15,19H,4,7-8,11-14,16H2,(H,26,27). The van der Waals surface area contributed by atoms with Crippen LogP contribution in [0.4, 0.5) is 4.39 Å². The van der Waals surface area contributed by atoms with Gasteiger partial charge in [-0.05, 0) is 49.8 Å². The number of likely N-dealkylation sites (tertiary alicyclic amines) is 1. The van der Waals surface area contributed by atoms with E-state index < -0.39 is 0 Å². The summed E-state index contributed by atoms with van der Waals surface area (Å²) in [5.41, 5.74) is 4.21. The average Bonchev–Trinajstić information content (AvgIpc) is 3.43. The summed E-state index contributed by atoms with van der Waals surface area (Å²) in [7, 11) is 0. The molecule has 5 rings (SSSR count). The zero-order valence-electron chi connectivity index (χ0n) is 16.5. The highest BCUT2D eigenvalue weighted by atomic mass is 19.1. The minimum absolute atomic E-state index is 0.0749. The fourth-order valence-electron chi connectivity index (χ4n) is 4.53. The smallest absolute Gasteiger partial charge is 0.137 e. The predicted octanol–water partition coefficient (Wildman–Crippen LogP) is 4.75. The number of ether oxygens (including phenoxy) is 1. The van der Waals surface area contributed by atoms with Crippen molar-refractivity contribution in [3.63, 3.8) is 0 Å². The maximum atomic E-state index is 13.9. The first kappa shape index (κ1) is 18.4. The second-order valence-corrected chi connectivity index (χ2v) is 8.07. The van der Waals surface area contributed by atoms with E-state index in [0.29, 0.717) is 0 Å². The lowest BCUT2D eigenvalue weighted by Crippen LogP contribution is -2.38. The van der Waals surface area contributed by atoms with Crippen LogP contribution >= 0.6 is 0 Å². The number of aromatic nitrogens is 2. The predicted molar refractivity (Wildman–Crippen MR) is 111 cm³/mol. The van der Waals surface area contributed by atoms with E-state index in [1.54, 1.807) is 6.07 Å². The van der Waals surface area contributed by atoms with E-state index in [9.17, 15) is 4.39 Å². The van der Waals surface area contributed by atoms with Crippen molar-refractivity contribution in [3.05, 3.63) is 71.3 Å². The highest BCUT2D eigenvalue weighted by molar-refractivity contribution is 5.54. The van der Waals surface area contributed by atoms with Crippen molar-refractivity contribution in [2.24, 2.45) is 0 Å². The molecule has 0 atom stereocenters. The minimum atomic E-state index is -0.0749. The summed E-state index contributed by atoms with van der Waals surface area (Å²) in [6.45, 7) is 2.86. The summed E-state index contributed by atoms with van der Waals surface area (Å²) in [5.74, 6) is 1.75. The molecule has 2 aromatic carbocycles. The highest BCUT2D eigenvalue weighted by Crippen LogP contribution is 2.34. The van der Waals surface area contributed by atoms with E-state index in [0.717, 1.165) is 85.7 Å². The number of hydrogen-bond acceptors (Lipinski definition) is 3. The van der Waals surface area contributed by atoms with Crippen LogP contribution in [0.3, 0.4) is 0 Å². The van der Waals surface area contributed by atoms with E-state index in [-0.39, 0.29) is 11.9 Å². The molecule has 1 saturated heterocycles. The number of nitrogens with one attached hydrogen (secondary N) is 1. The third-order valence-corrected chi connectivity index (χ3v) is 6.08. The fraction of sp³-hybridized carbons (Fsp3) is 0.375. The summed E-state index contributed by atoms with van der Waals surface area (Å²) in [6.07, 6.45) is 6.93. The molecule has 1 aromatic heterocycles. The first-order valence-electron chi connectivity index (χ1n) is 10.5. The number of H-pyrrole nitrogens is 1. The Morgan fingerprint density at radius 3 is 2.66 bits per heavy atom. The molecule has 0 bridgehead atoms. The molecule has 5 heteroatoms. The Balaban J connectivity index is 1.17. The maximum absolute atomic E-state index is 13.9. The average molecular weight is 391 g/mol. The van der Waals surface area contributed by atoms with Gasteiger partial charge in [-0.1, -0.05) is 30.3 Å². The summed E-state index contributed by atoms with van der Waals surface area (Å²) < 4.78 is 20.2. The van der Waals surface area contributed by atoms with Crippen LogP contribution in [0.5, 0.6) is 5.75 Å². The van der Waals surface area contributed by atoms with Crippen LogP contribution in [-0.4, -0.2) is 34.1 Å². The molecule has 0 spiro atoms. The lowest BCUT2D eigenvalue weighted by Gasteiger charge is -2.32. The van der Waals surface area contributed by atoms with Gasteiger partial charge in [0.25, 0.3) is 0 Å². The van der Waals surface area contributed by atoms with Crippen molar-refractivity contribution in [2.75, 3.05) is 13.1 Å². The van der Waals surface area contributed by atoms with E-state index in [4.69, 9.17) is 4.74 Å². The summed E-state index contributed by atoms with van der Waals surface area (Å²) in [4.78, 5) is 10.4. The Hall–Kier alpha value is -2.66. The zero-order chi connectivity index (χ0) is 19.6. The highest BCUT2D eigenvalue weighted by Gasteiger charge is 2.25. The molecule has 1 aliphatic heterocycles. The third kappa shape index (κ3) is 3.92. The molecule has 2 heterocycles. The zero-order valence-corrected chi connectivity index (χ0v) is 16.5. The van der Waals surface area contributed by atoms with Gasteiger partial charge in [-0.15, -0.1) is 0 Å². The number of rotatable bonds is 5. The molecular weight excluding hydrogens is 365 g/mol. The monoisotopic (exact) mass is 391 g/mol. The van der Waals surface area contributed by atoms with Crippen LogP contribution in [0.15, 0.2) is 48.7 Å². The first-order valence-corrected chi connectivity index (χ1v) is 10.5. The molecule has 1 N–H and O–H groups in total. The molecule has 0 amide bonds. The van der Waals surface area contributed by atoms with E-state index in [2.05, 4.69) is 27.0 Å². The summed E-state index contributed by atoms with van der Waals surface area (Å²) in [5, 5.41) is 0. The number of piperidine rings is 1. The van der Waals surface area contributed by atoms with Gasteiger partial charge in [-0.3, -0.25) is 4.90 Å². The van der Waals surface area contributed by atoms with Gasteiger partial charge in [0.1, 0.15) is 23.5 Å². The molecule has 2 aliphatic rings. The van der Waals surface area contributed by atoms with Crippen LogP contribution in [0, 0.1) is 5.82 Å². The van der Waals surface area contributed by atoms with Crippen molar-refractivity contribution in [1.29, 1.82) is 0 Å². The van der Waals surface area contributed by atoms with Gasteiger partial charge in [-0.2, -0.15) is 0 Å². The Morgan fingerprint density at radius 1 is 1.03 bits per heavy atom. The second-order valence-electron chi connectivity index (χ2n) is 8.07. The van der Waals surface area contributed by atoms with Gasteiger partial charge in [0.05, 0.1) is 0 Å². The van der Waals surface area contributed by atoms with Gasteiger partial charge in [0.15, 0.2) is 0 Å². The van der Waals surface area contributed by atoms with Gasteiger partial charge < -0.3 is 9.72 Å². The van der Waals surface area contributed by atoms with E-state index >= 15 is 0 Å². The maximum Gasteiger partial charge on any atom is 0.137 e. The molecule has 3 aromatic rings. The molecule has 0 saturated carbocycles. The van der Waals surface area contributed by atoms with Crippen LogP contribution in [0.25, 0.3) is 11.4 Å². The molecule has 4 nitrogen and oxygen atoms in total. The molecule has 0 unspecified atom stereocenters. The van der Waals surface area contributed by atoms with Gasteiger partial charge in [0.2, 0.25) is 0 Å². The number of fused-ring (bicyclic) bond motifs is 1. The molecular formula is C24H26FN3O. The largest absolute Gasteiger partial charge is 0.490 e. The summed E-state index contributed by atoms with van der Waals surface area (Å²) in [6, 6.07) is 13.6. The van der Waals surface area contributed by atoms with Crippen molar-refractivity contribution in [1.82, 2.24) is 14.9 Å². The van der Waals surface area contributed by atoms with Crippen molar-refractivity contribution in [2.45, 2.75) is 44.8 Å². The molecule has 0 radical (unpaired) electrons. The first-order chi connectivity index (χ1) is 14.3. The molecule has 1 aliphatic carbocycles. The lowest BCUT2D eigenvalue weighted by molar-refractivity contribution is 0.0954. The van der Waals surface area contributed by atoms with Crippen LogP contribution < -0.4 is 4.74 Å². The second kappa shape index (κ2) is 7.99. The van der Waals surface area contributed by atoms with Crippen molar-refractivity contribution in [3.8, 4) is 17.1 Å². The minimum Gasteiger partial charge on any atom is -0.490 e. The number of benzene rings is 2. The molecule has 150 valence electrons. The van der Waals surface area contributed by atoms with E-state index in [1.807, 2.05) is 30.5 Å². The van der Waals surface area contributed by atoms with Gasteiger partial charge >= 0.3 is 0 Å². The number of nitrogens with zero attached hydrogens (tertiary/aromatic N) is 2. The molecule has 1 fully saturated rings. The Morgan fingerprint density at radius 2 is 1.83 bits per heavy atom. The summed E-state index contributed by atoms with van der Waals surface area (Å²) >= 11 is 0. The van der Waals surface area contributed by atoms with Crippen LogP contribution in [0.2, 0.25) is 0 Å².